The molecule has 2 heterocycles. The van der Waals surface area contributed by atoms with Crippen LogP contribution in [0.1, 0.15) is 44.7 Å². The number of imide groups is 1. The number of ether oxygens (including phenoxy) is 1. The highest BCUT2D eigenvalue weighted by atomic mass is 35.5. The van der Waals surface area contributed by atoms with Crippen LogP contribution in [0.5, 0.6) is 0 Å². The van der Waals surface area contributed by atoms with Gasteiger partial charge in [0.15, 0.2) is 5.84 Å². The summed E-state index contributed by atoms with van der Waals surface area (Å²) in [6, 6.07) is 4.64. The molecule has 1 aromatic carbocycles. The third-order valence-electron chi connectivity index (χ3n) is 6.34. The standard InChI is InChI=1S/C26H33ClN6O5.C2H2/c1-5-17-7-8-19(13-18(17)14-20(34)31-25(37)28-4)30-21(35)15-33-23(22(16(3)27)29-6-2)32-26(24(33)36)9-11-38-12-10-26;1-2/h6-8,13H,5,9-12,14-15H2,1-4H3,(H,30,35)(H2,28,31,34,37);1-2H/b22-16+,29-6?;. The molecule has 2 aliphatic heterocycles. The van der Waals surface area contributed by atoms with E-state index in [0.29, 0.717) is 54.5 Å². The minimum atomic E-state index is -1.01. The van der Waals surface area contributed by atoms with Crippen LogP contribution in [0.3, 0.4) is 0 Å². The molecule has 3 rings (SSSR count). The molecule has 5 amide bonds. The molecule has 0 unspecified atom stereocenters. The van der Waals surface area contributed by atoms with Crippen molar-refractivity contribution in [3.05, 3.63) is 40.1 Å². The normalized spacial score (nSPS) is 16.5. The minimum absolute atomic E-state index is 0.0372. The quantitative estimate of drug-likeness (QED) is 0.325. The Morgan fingerprint density at radius 1 is 1.20 bits per heavy atom. The number of hydrogen-bond acceptors (Lipinski definition) is 7. The monoisotopic (exact) mass is 570 g/mol. The average Bonchev–Trinajstić information content (AvgIpc) is 3.18. The Hall–Kier alpha value is -4.01. The second-order valence-electron chi connectivity index (χ2n) is 8.93. The molecule has 0 aromatic heterocycles. The van der Waals surface area contributed by atoms with Crippen LogP contribution in [0.4, 0.5) is 10.5 Å². The largest absolute Gasteiger partial charge is 0.381 e. The first-order valence-electron chi connectivity index (χ1n) is 12.8. The molecule has 0 bridgehead atoms. The number of carbonyl (C=O) groups excluding carboxylic acids is 4. The first-order chi connectivity index (χ1) is 19.1. The van der Waals surface area contributed by atoms with Crippen LogP contribution in [-0.4, -0.2) is 73.0 Å². The summed E-state index contributed by atoms with van der Waals surface area (Å²) in [4.78, 5) is 60.8. The number of amides is 5. The lowest BCUT2D eigenvalue weighted by atomic mass is 9.90. The molecule has 0 atom stereocenters. The van der Waals surface area contributed by atoms with Gasteiger partial charge in [0.25, 0.3) is 5.91 Å². The third kappa shape index (κ3) is 7.77. The summed E-state index contributed by atoms with van der Waals surface area (Å²) in [6.07, 6.45) is 11.0. The molecule has 1 spiro atoms. The highest BCUT2D eigenvalue weighted by molar-refractivity contribution is 6.33. The Morgan fingerprint density at radius 2 is 1.88 bits per heavy atom. The molecule has 3 N–H and O–H groups in total. The van der Waals surface area contributed by atoms with Gasteiger partial charge >= 0.3 is 6.03 Å². The third-order valence-corrected chi connectivity index (χ3v) is 6.52. The summed E-state index contributed by atoms with van der Waals surface area (Å²) < 4.78 is 5.44. The van der Waals surface area contributed by atoms with Gasteiger partial charge < -0.3 is 15.4 Å². The van der Waals surface area contributed by atoms with Gasteiger partial charge in [0.2, 0.25) is 11.8 Å². The number of carbonyl (C=O) groups is 4. The zero-order valence-corrected chi connectivity index (χ0v) is 23.9. The molecule has 214 valence electrons. The Balaban J connectivity index is 0.00000274. The summed E-state index contributed by atoms with van der Waals surface area (Å²) in [5.74, 6) is -0.960. The van der Waals surface area contributed by atoms with Crippen molar-refractivity contribution in [1.82, 2.24) is 15.5 Å². The molecule has 1 aromatic rings. The van der Waals surface area contributed by atoms with E-state index in [9.17, 15) is 19.2 Å². The van der Waals surface area contributed by atoms with Gasteiger partial charge in [-0.05, 0) is 43.5 Å². The maximum atomic E-state index is 13.6. The summed E-state index contributed by atoms with van der Waals surface area (Å²) in [7, 11) is 1.42. The van der Waals surface area contributed by atoms with E-state index in [1.807, 2.05) is 13.0 Å². The summed E-state index contributed by atoms with van der Waals surface area (Å²) in [5, 5.41) is 7.73. The molecule has 0 saturated carbocycles. The summed E-state index contributed by atoms with van der Waals surface area (Å²) in [5.41, 5.74) is 1.35. The Bertz CT molecular complexity index is 1240. The molecule has 11 nitrogen and oxygen atoms in total. The van der Waals surface area contributed by atoms with Crippen LogP contribution < -0.4 is 16.0 Å². The van der Waals surface area contributed by atoms with Gasteiger partial charge in [0, 0.05) is 50.0 Å². The van der Waals surface area contributed by atoms with Crippen LogP contribution in [0.15, 0.2) is 38.9 Å². The number of rotatable bonds is 8. The van der Waals surface area contributed by atoms with Gasteiger partial charge in [0.05, 0.1) is 6.42 Å². The van der Waals surface area contributed by atoms with Gasteiger partial charge in [-0.15, -0.1) is 12.8 Å². The van der Waals surface area contributed by atoms with E-state index >= 15 is 0 Å². The van der Waals surface area contributed by atoms with Crippen LogP contribution in [-0.2, 0) is 32.0 Å². The smallest absolute Gasteiger partial charge is 0.321 e. The first kappa shape index (κ1) is 32.2. The van der Waals surface area contributed by atoms with Crippen molar-refractivity contribution in [3.8, 4) is 12.8 Å². The van der Waals surface area contributed by atoms with Crippen LogP contribution in [0, 0.1) is 12.8 Å². The lowest BCUT2D eigenvalue weighted by Gasteiger charge is -2.29. The number of benzene rings is 1. The Kier molecular flexibility index (Phi) is 12.0. The predicted molar refractivity (Wildman–Crippen MR) is 155 cm³/mol. The number of nitrogens with zero attached hydrogens (tertiary/aromatic N) is 3. The number of allylic oxidation sites excluding steroid dienone is 1. The highest BCUT2D eigenvalue weighted by Crippen LogP contribution is 2.35. The molecule has 0 aliphatic carbocycles. The van der Waals surface area contributed by atoms with Crippen LogP contribution in [0.2, 0.25) is 0 Å². The summed E-state index contributed by atoms with van der Waals surface area (Å²) in [6.45, 7) is 5.81. The number of aryl methyl sites for hydroxylation is 1. The Labute approximate surface area is 239 Å². The molecule has 1 fully saturated rings. The number of aliphatic imine (C=N–C) groups is 2. The molecular weight excluding hydrogens is 536 g/mol. The van der Waals surface area contributed by atoms with Gasteiger partial charge in [-0.3, -0.25) is 29.6 Å². The van der Waals surface area contributed by atoms with Gasteiger partial charge in [-0.2, -0.15) is 0 Å². The average molecular weight is 571 g/mol. The number of nitrogens with one attached hydrogen (secondary N) is 3. The number of hydrogen-bond donors (Lipinski definition) is 3. The summed E-state index contributed by atoms with van der Waals surface area (Å²) >= 11 is 6.30. The first-order valence-corrected chi connectivity index (χ1v) is 13.1. The Morgan fingerprint density at radius 3 is 2.45 bits per heavy atom. The van der Waals surface area contributed by atoms with Gasteiger partial charge in [-0.1, -0.05) is 24.6 Å². The molecule has 0 radical (unpaired) electrons. The molecule has 2 aliphatic rings. The van der Waals surface area contributed by atoms with E-state index in [0.717, 1.165) is 5.56 Å². The van der Waals surface area contributed by atoms with Gasteiger partial charge in [-0.25, -0.2) is 9.79 Å². The second-order valence-corrected chi connectivity index (χ2v) is 9.50. The van der Waals surface area contributed by atoms with Crippen molar-refractivity contribution in [2.24, 2.45) is 9.98 Å². The van der Waals surface area contributed by atoms with Crippen LogP contribution >= 0.6 is 11.6 Å². The molecule has 1 saturated heterocycles. The number of amidine groups is 1. The van der Waals surface area contributed by atoms with E-state index in [1.54, 1.807) is 32.2 Å². The van der Waals surface area contributed by atoms with Crippen molar-refractivity contribution >= 4 is 53.1 Å². The van der Waals surface area contributed by atoms with E-state index in [-0.39, 0.29) is 24.7 Å². The predicted octanol–water partition coefficient (Wildman–Crippen LogP) is 2.79. The topological polar surface area (TPSA) is 142 Å². The second kappa shape index (κ2) is 15.0. The van der Waals surface area contributed by atoms with Crippen molar-refractivity contribution < 1.29 is 23.9 Å². The van der Waals surface area contributed by atoms with E-state index in [2.05, 4.69) is 33.8 Å². The van der Waals surface area contributed by atoms with Crippen molar-refractivity contribution in [2.75, 3.05) is 32.1 Å². The number of anilines is 1. The minimum Gasteiger partial charge on any atom is -0.381 e. The van der Waals surface area contributed by atoms with E-state index in [1.165, 1.54) is 11.9 Å². The number of urea groups is 1. The van der Waals surface area contributed by atoms with E-state index < -0.39 is 23.4 Å². The van der Waals surface area contributed by atoms with Crippen molar-refractivity contribution in [1.29, 1.82) is 0 Å². The fourth-order valence-corrected chi connectivity index (χ4v) is 4.55. The maximum Gasteiger partial charge on any atom is 0.321 e. The maximum absolute atomic E-state index is 13.6. The van der Waals surface area contributed by atoms with Crippen molar-refractivity contribution in [2.45, 2.75) is 52.0 Å². The number of terminal acetylenes is 1. The lowest BCUT2D eigenvalue weighted by Crippen LogP contribution is -2.48. The fraction of sp³-hybridized carbons (Fsp3) is 0.429. The zero-order valence-electron chi connectivity index (χ0n) is 23.2. The van der Waals surface area contributed by atoms with E-state index in [4.69, 9.17) is 21.3 Å². The van der Waals surface area contributed by atoms with Crippen molar-refractivity contribution in [3.63, 3.8) is 0 Å². The number of halogens is 1. The zero-order chi connectivity index (χ0) is 29.9. The molecule has 40 heavy (non-hydrogen) atoms. The SMILES string of the molecule is C#C.CC=N/C(C1=NC2(CCOCC2)C(=O)N1CC(=O)Nc1ccc(CC)c(CC(=O)NC(=O)NC)c1)=C(\C)Cl. The highest BCUT2D eigenvalue weighted by Gasteiger charge is 2.50. The fourth-order valence-electron chi connectivity index (χ4n) is 4.41. The molecular formula is C28H35ClN6O5. The molecule has 12 heteroatoms. The van der Waals surface area contributed by atoms with Crippen LogP contribution in [0.25, 0.3) is 0 Å². The van der Waals surface area contributed by atoms with Gasteiger partial charge in [0.1, 0.15) is 17.8 Å². The lowest BCUT2D eigenvalue weighted by molar-refractivity contribution is -0.136.